The Morgan fingerprint density at radius 2 is 2.21 bits per heavy atom. The van der Waals surface area contributed by atoms with Crippen LogP contribution in [0.5, 0.6) is 0 Å². The minimum absolute atomic E-state index is 0.0762. The van der Waals surface area contributed by atoms with Gasteiger partial charge in [0.25, 0.3) is 0 Å². The molecule has 1 aromatic heterocycles. The molecule has 1 rings (SSSR count). The average Bonchev–Trinajstić information content (AvgIpc) is 2.82. The number of nitrogens with zero attached hydrogens (tertiary/aromatic N) is 3. The zero-order chi connectivity index (χ0) is 14.4. The molecule has 0 saturated heterocycles. The Morgan fingerprint density at radius 1 is 1.53 bits per heavy atom. The highest BCUT2D eigenvalue weighted by Crippen LogP contribution is 2.06. The van der Waals surface area contributed by atoms with Crippen LogP contribution in [0.2, 0.25) is 0 Å². The summed E-state index contributed by atoms with van der Waals surface area (Å²) in [4.78, 5) is 24.6. The van der Waals surface area contributed by atoms with Crippen molar-refractivity contribution in [3.63, 3.8) is 0 Å². The van der Waals surface area contributed by atoms with Gasteiger partial charge in [-0.1, -0.05) is 0 Å². The predicted molar refractivity (Wildman–Crippen MR) is 70.1 cm³/mol. The Morgan fingerprint density at radius 3 is 2.74 bits per heavy atom. The van der Waals surface area contributed by atoms with Crippen LogP contribution in [-0.4, -0.2) is 58.8 Å². The monoisotopic (exact) mass is 268 g/mol. The summed E-state index contributed by atoms with van der Waals surface area (Å²) in [6.45, 7) is 3.17. The summed E-state index contributed by atoms with van der Waals surface area (Å²) < 4.78 is 1.35. The van der Waals surface area contributed by atoms with Crippen molar-refractivity contribution in [3.05, 3.63) is 18.0 Å². The summed E-state index contributed by atoms with van der Waals surface area (Å²) in [6, 6.07) is -0.521. The van der Waals surface area contributed by atoms with E-state index >= 15 is 0 Å². The van der Waals surface area contributed by atoms with Crippen molar-refractivity contribution in [2.24, 2.45) is 0 Å². The molecule has 1 aromatic rings. The van der Waals surface area contributed by atoms with E-state index < -0.39 is 12.0 Å². The quantitative estimate of drug-likeness (QED) is 0.690. The zero-order valence-corrected chi connectivity index (χ0v) is 11.5. The van der Waals surface area contributed by atoms with Crippen LogP contribution in [0, 0.1) is 0 Å². The standard InChI is InChI=1S/C12H20N4O3/c1-9(11(17)13-5-4-6-15(2)3)16-8-10(7-14-16)12(18)19/h7-9H,4-6H2,1-3H3,(H,13,17)(H,18,19). The number of amides is 1. The van der Waals surface area contributed by atoms with E-state index in [0.29, 0.717) is 6.54 Å². The summed E-state index contributed by atoms with van der Waals surface area (Å²) in [5.74, 6) is -1.22. The van der Waals surface area contributed by atoms with Crippen LogP contribution in [-0.2, 0) is 4.79 Å². The molecule has 2 N–H and O–H groups in total. The maximum Gasteiger partial charge on any atom is 0.338 e. The van der Waals surface area contributed by atoms with Crippen LogP contribution >= 0.6 is 0 Å². The predicted octanol–water partition coefficient (Wildman–Crippen LogP) is 0.210. The van der Waals surface area contributed by atoms with Gasteiger partial charge in [-0.25, -0.2) is 4.79 Å². The second-order valence-corrected chi connectivity index (χ2v) is 4.64. The van der Waals surface area contributed by atoms with Crippen molar-refractivity contribution in [2.75, 3.05) is 27.2 Å². The summed E-state index contributed by atoms with van der Waals surface area (Å²) in [7, 11) is 3.95. The Labute approximate surface area is 112 Å². The van der Waals surface area contributed by atoms with Crippen LogP contribution < -0.4 is 5.32 Å². The molecular weight excluding hydrogens is 248 g/mol. The van der Waals surface area contributed by atoms with E-state index in [4.69, 9.17) is 5.11 Å². The molecule has 1 amide bonds. The van der Waals surface area contributed by atoms with Crippen molar-refractivity contribution in [2.45, 2.75) is 19.4 Å². The zero-order valence-electron chi connectivity index (χ0n) is 11.5. The van der Waals surface area contributed by atoms with E-state index in [1.165, 1.54) is 17.1 Å². The number of hydrogen-bond acceptors (Lipinski definition) is 4. The Balaban J connectivity index is 2.45. The number of nitrogens with one attached hydrogen (secondary N) is 1. The fourth-order valence-corrected chi connectivity index (χ4v) is 1.53. The molecule has 7 nitrogen and oxygen atoms in total. The number of hydrogen-bond donors (Lipinski definition) is 2. The maximum atomic E-state index is 11.8. The summed E-state index contributed by atoms with van der Waals surface area (Å²) in [6.07, 6.45) is 3.45. The first kappa shape index (κ1) is 15.2. The third kappa shape index (κ3) is 4.70. The second kappa shape index (κ2) is 6.89. The molecule has 1 heterocycles. The third-order valence-electron chi connectivity index (χ3n) is 2.71. The fraction of sp³-hybridized carbons (Fsp3) is 0.583. The summed E-state index contributed by atoms with van der Waals surface area (Å²) in [5.41, 5.74) is 0.0762. The Kier molecular flexibility index (Phi) is 5.50. The van der Waals surface area contributed by atoms with E-state index in [9.17, 15) is 9.59 Å². The smallest absolute Gasteiger partial charge is 0.338 e. The van der Waals surface area contributed by atoms with Gasteiger partial charge in [-0.3, -0.25) is 9.48 Å². The molecule has 1 unspecified atom stereocenters. The minimum Gasteiger partial charge on any atom is -0.478 e. The first-order valence-corrected chi connectivity index (χ1v) is 6.11. The van der Waals surface area contributed by atoms with Gasteiger partial charge >= 0.3 is 5.97 Å². The van der Waals surface area contributed by atoms with Gasteiger partial charge in [0.2, 0.25) is 5.91 Å². The first-order chi connectivity index (χ1) is 8.91. The van der Waals surface area contributed by atoms with E-state index in [0.717, 1.165) is 13.0 Å². The van der Waals surface area contributed by atoms with Crippen LogP contribution in [0.15, 0.2) is 12.4 Å². The fourth-order valence-electron chi connectivity index (χ4n) is 1.53. The molecule has 0 aliphatic rings. The van der Waals surface area contributed by atoms with Crippen molar-refractivity contribution < 1.29 is 14.7 Å². The lowest BCUT2D eigenvalue weighted by atomic mass is 10.3. The number of carbonyl (C=O) groups excluding carboxylic acids is 1. The number of carbonyl (C=O) groups is 2. The average molecular weight is 268 g/mol. The molecule has 106 valence electrons. The molecule has 0 radical (unpaired) electrons. The molecule has 0 aliphatic carbocycles. The number of carboxylic acids is 1. The van der Waals surface area contributed by atoms with Crippen molar-refractivity contribution >= 4 is 11.9 Å². The van der Waals surface area contributed by atoms with Gasteiger partial charge in [0.1, 0.15) is 6.04 Å². The van der Waals surface area contributed by atoms with Gasteiger partial charge < -0.3 is 15.3 Å². The number of aromatic nitrogens is 2. The lowest BCUT2D eigenvalue weighted by molar-refractivity contribution is -0.124. The van der Waals surface area contributed by atoms with Crippen LogP contribution in [0.4, 0.5) is 0 Å². The molecule has 0 fully saturated rings. The Hall–Kier alpha value is -1.89. The second-order valence-electron chi connectivity index (χ2n) is 4.64. The summed E-state index contributed by atoms with van der Waals surface area (Å²) in [5, 5.41) is 15.5. The van der Waals surface area contributed by atoms with Gasteiger partial charge in [0.05, 0.1) is 11.8 Å². The van der Waals surface area contributed by atoms with Crippen molar-refractivity contribution in [1.29, 1.82) is 0 Å². The molecule has 19 heavy (non-hydrogen) atoms. The van der Waals surface area contributed by atoms with E-state index in [1.807, 2.05) is 19.0 Å². The molecule has 0 saturated carbocycles. The highest BCUT2D eigenvalue weighted by Gasteiger charge is 2.16. The number of carboxylic acid groups (broad SMARTS) is 1. The first-order valence-electron chi connectivity index (χ1n) is 6.11. The lowest BCUT2D eigenvalue weighted by Crippen LogP contribution is -2.33. The van der Waals surface area contributed by atoms with Gasteiger partial charge in [0.15, 0.2) is 0 Å². The third-order valence-corrected chi connectivity index (χ3v) is 2.71. The number of rotatable bonds is 7. The Bertz CT molecular complexity index is 442. The molecule has 0 bridgehead atoms. The molecule has 0 spiro atoms. The molecule has 0 aliphatic heterocycles. The minimum atomic E-state index is -1.05. The molecular formula is C12H20N4O3. The highest BCUT2D eigenvalue weighted by molar-refractivity contribution is 5.87. The molecule has 1 atom stereocenters. The van der Waals surface area contributed by atoms with E-state index in [-0.39, 0.29) is 11.5 Å². The SMILES string of the molecule is CC(C(=O)NCCCN(C)C)n1cc(C(=O)O)cn1. The van der Waals surface area contributed by atoms with E-state index in [2.05, 4.69) is 10.4 Å². The van der Waals surface area contributed by atoms with Gasteiger partial charge in [-0.05, 0) is 34.0 Å². The van der Waals surface area contributed by atoms with Crippen LogP contribution in [0.3, 0.4) is 0 Å². The summed E-state index contributed by atoms with van der Waals surface area (Å²) >= 11 is 0. The number of aromatic carboxylic acids is 1. The van der Waals surface area contributed by atoms with Crippen LogP contribution in [0.1, 0.15) is 29.7 Å². The topological polar surface area (TPSA) is 87.5 Å². The van der Waals surface area contributed by atoms with Gasteiger partial charge in [-0.2, -0.15) is 5.10 Å². The van der Waals surface area contributed by atoms with E-state index in [1.54, 1.807) is 6.92 Å². The van der Waals surface area contributed by atoms with Crippen molar-refractivity contribution in [3.8, 4) is 0 Å². The van der Waals surface area contributed by atoms with Crippen LogP contribution in [0.25, 0.3) is 0 Å². The van der Waals surface area contributed by atoms with Gasteiger partial charge in [0, 0.05) is 12.7 Å². The van der Waals surface area contributed by atoms with Crippen molar-refractivity contribution in [1.82, 2.24) is 20.0 Å². The molecule has 7 heteroatoms. The molecule has 0 aromatic carbocycles. The lowest BCUT2D eigenvalue weighted by Gasteiger charge is -2.13. The normalized spacial score (nSPS) is 12.4. The maximum absolute atomic E-state index is 11.8. The largest absolute Gasteiger partial charge is 0.478 e. The highest BCUT2D eigenvalue weighted by atomic mass is 16.4. The van der Waals surface area contributed by atoms with Gasteiger partial charge in [-0.15, -0.1) is 0 Å².